The summed E-state index contributed by atoms with van der Waals surface area (Å²) in [6.07, 6.45) is 1.97. The molecule has 0 spiro atoms. The number of methoxy groups -OCH3 is 1. The second kappa shape index (κ2) is 11.0. The Morgan fingerprint density at radius 3 is 2.79 bits per heavy atom. The lowest BCUT2D eigenvalue weighted by atomic mass is 10.1. The van der Waals surface area contributed by atoms with Crippen LogP contribution in [0.5, 0.6) is 5.75 Å². The average molecular weight is 428 g/mol. The molecule has 0 amide bonds. The maximum atomic E-state index is 11.1. The monoisotopic (exact) mass is 427 g/mol. The third-order valence-corrected chi connectivity index (χ3v) is 6.20. The van der Waals surface area contributed by atoms with E-state index in [0.29, 0.717) is 12.4 Å². The lowest BCUT2D eigenvalue weighted by Crippen LogP contribution is -2.03. The normalized spacial score (nSPS) is 10.7. The molecule has 3 aromatic rings. The van der Waals surface area contributed by atoms with E-state index in [2.05, 4.69) is 53.4 Å². The Balaban J connectivity index is 1.47. The van der Waals surface area contributed by atoms with Gasteiger partial charge in [0.25, 0.3) is 0 Å². The number of ether oxygens (including phenoxy) is 2. The van der Waals surface area contributed by atoms with Crippen molar-refractivity contribution in [3.63, 3.8) is 0 Å². The number of aromatic nitrogens is 1. The lowest BCUT2D eigenvalue weighted by molar-refractivity contribution is -0.137. The number of thioether (sulfide) groups is 1. The van der Waals surface area contributed by atoms with Gasteiger partial charge in [-0.25, -0.2) is 4.98 Å². The largest absolute Gasteiger partial charge is 0.486 e. The molecule has 0 aliphatic heterocycles. The summed E-state index contributed by atoms with van der Waals surface area (Å²) in [5.74, 6) is 2.04. The number of rotatable bonds is 10. The molecule has 1 aromatic heterocycles. The maximum absolute atomic E-state index is 11.1. The molecular formula is C23H25NO3S2. The second-order valence-electron chi connectivity index (χ2n) is 6.66. The van der Waals surface area contributed by atoms with Gasteiger partial charge in [0.1, 0.15) is 17.4 Å². The second-order valence-corrected chi connectivity index (χ2v) is 8.71. The van der Waals surface area contributed by atoms with Gasteiger partial charge in [-0.1, -0.05) is 42.0 Å². The Morgan fingerprint density at radius 2 is 2.00 bits per heavy atom. The van der Waals surface area contributed by atoms with E-state index in [9.17, 15) is 4.79 Å². The zero-order chi connectivity index (χ0) is 20.5. The predicted molar refractivity (Wildman–Crippen MR) is 121 cm³/mol. The summed E-state index contributed by atoms with van der Waals surface area (Å²) < 4.78 is 10.6. The number of nitrogens with zero attached hydrogens (tertiary/aromatic N) is 1. The molecule has 152 valence electrons. The van der Waals surface area contributed by atoms with Gasteiger partial charge in [0, 0.05) is 10.9 Å². The van der Waals surface area contributed by atoms with Crippen LogP contribution in [0.1, 0.15) is 22.6 Å². The van der Waals surface area contributed by atoms with Gasteiger partial charge in [0.2, 0.25) is 0 Å². The summed E-state index contributed by atoms with van der Waals surface area (Å²) in [5.41, 5.74) is 4.60. The van der Waals surface area contributed by atoms with Crippen LogP contribution in [0.4, 0.5) is 0 Å². The fourth-order valence-corrected chi connectivity index (χ4v) is 4.25. The van der Waals surface area contributed by atoms with Crippen LogP contribution >= 0.6 is 23.1 Å². The van der Waals surface area contributed by atoms with Crippen molar-refractivity contribution in [3.05, 3.63) is 70.0 Å². The molecule has 3 rings (SSSR count). The fraction of sp³-hybridized carbons (Fsp3) is 0.304. The van der Waals surface area contributed by atoms with E-state index in [4.69, 9.17) is 9.72 Å². The van der Waals surface area contributed by atoms with Gasteiger partial charge >= 0.3 is 5.97 Å². The summed E-state index contributed by atoms with van der Waals surface area (Å²) in [6.45, 7) is 2.55. The minimum atomic E-state index is -0.168. The van der Waals surface area contributed by atoms with E-state index in [0.717, 1.165) is 40.6 Å². The number of benzene rings is 2. The van der Waals surface area contributed by atoms with Crippen molar-refractivity contribution < 1.29 is 14.3 Å². The molecule has 0 radical (unpaired) electrons. The van der Waals surface area contributed by atoms with Crippen molar-refractivity contribution in [1.29, 1.82) is 0 Å². The molecule has 0 N–H and O–H groups in total. The highest BCUT2D eigenvalue weighted by molar-refractivity contribution is 7.99. The number of hydrogen-bond donors (Lipinski definition) is 0. The van der Waals surface area contributed by atoms with Crippen LogP contribution < -0.4 is 4.74 Å². The molecule has 0 aliphatic rings. The summed E-state index contributed by atoms with van der Waals surface area (Å²) in [4.78, 5) is 15.8. The maximum Gasteiger partial charge on any atom is 0.315 e. The molecule has 0 bridgehead atoms. The number of aryl methyl sites for hydroxylation is 2. The number of carbonyl (C=O) groups excluding carboxylic acids is 1. The SMILES string of the molecule is COC(=O)CSCCCc1cccc(OCc2nc(-c3ccc(C)cc3)cs2)c1. The van der Waals surface area contributed by atoms with Crippen molar-refractivity contribution in [1.82, 2.24) is 4.98 Å². The molecule has 6 heteroatoms. The van der Waals surface area contributed by atoms with Crippen LogP contribution in [0.2, 0.25) is 0 Å². The quantitative estimate of drug-likeness (QED) is 0.314. The molecule has 0 atom stereocenters. The van der Waals surface area contributed by atoms with Crippen LogP contribution in [0.25, 0.3) is 11.3 Å². The molecular weight excluding hydrogens is 402 g/mol. The molecule has 29 heavy (non-hydrogen) atoms. The highest BCUT2D eigenvalue weighted by Gasteiger charge is 2.06. The van der Waals surface area contributed by atoms with Gasteiger partial charge in [0.05, 0.1) is 18.6 Å². The first-order valence-corrected chi connectivity index (χ1v) is 11.6. The summed E-state index contributed by atoms with van der Waals surface area (Å²) in [7, 11) is 1.42. The summed E-state index contributed by atoms with van der Waals surface area (Å²) in [6, 6.07) is 16.6. The Bertz CT molecular complexity index is 922. The predicted octanol–water partition coefficient (Wildman–Crippen LogP) is 5.54. The molecule has 0 saturated heterocycles. The Labute approximate surface area is 180 Å². The minimum Gasteiger partial charge on any atom is -0.486 e. The Hall–Kier alpha value is -2.31. The van der Waals surface area contributed by atoms with Crippen molar-refractivity contribution >= 4 is 29.1 Å². The third kappa shape index (κ3) is 6.91. The molecule has 0 aliphatic carbocycles. The fourth-order valence-electron chi connectivity index (χ4n) is 2.76. The van der Waals surface area contributed by atoms with Gasteiger partial charge < -0.3 is 9.47 Å². The van der Waals surface area contributed by atoms with E-state index in [-0.39, 0.29) is 5.97 Å². The number of carbonyl (C=O) groups is 1. The van der Waals surface area contributed by atoms with Crippen LogP contribution in [0, 0.1) is 6.92 Å². The Morgan fingerprint density at radius 1 is 1.17 bits per heavy atom. The van der Waals surface area contributed by atoms with Gasteiger partial charge in [0.15, 0.2) is 0 Å². The van der Waals surface area contributed by atoms with E-state index < -0.39 is 0 Å². The molecule has 2 aromatic carbocycles. The van der Waals surface area contributed by atoms with Crippen LogP contribution in [0.15, 0.2) is 53.9 Å². The molecule has 0 saturated carbocycles. The van der Waals surface area contributed by atoms with Crippen molar-refractivity contribution in [2.75, 3.05) is 18.6 Å². The minimum absolute atomic E-state index is 0.168. The smallest absolute Gasteiger partial charge is 0.315 e. The zero-order valence-corrected chi connectivity index (χ0v) is 18.4. The van der Waals surface area contributed by atoms with E-state index in [1.807, 2.05) is 12.1 Å². The lowest BCUT2D eigenvalue weighted by Gasteiger charge is -2.07. The van der Waals surface area contributed by atoms with Crippen molar-refractivity contribution in [3.8, 4) is 17.0 Å². The average Bonchev–Trinajstić information content (AvgIpc) is 3.22. The van der Waals surface area contributed by atoms with Gasteiger partial charge in [-0.05, 0) is 43.2 Å². The molecule has 1 heterocycles. The van der Waals surface area contributed by atoms with Gasteiger partial charge in [-0.3, -0.25) is 4.79 Å². The van der Waals surface area contributed by atoms with E-state index in [1.54, 1.807) is 23.1 Å². The highest BCUT2D eigenvalue weighted by atomic mass is 32.2. The number of hydrogen-bond acceptors (Lipinski definition) is 6. The number of esters is 1. The standard InChI is InChI=1S/C23H25NO3S2/c1-17-8-10-19(11-9-17)21-15-29-22(24-21)14-27-20-7-3-5-18(13-20)6-4-12-28-16-23(25)26-2/h3,5,7-11,13,15H,4,6,12,14,16H2,1-2H3. The van der Waals surface area contributed by atoms with Crippen LogP contribution in [0.3, 0.4) is 0 Å². The highest BCUT2D eigenvalue weighted by Crippen LogP contribution is 2.24. The number of thiazole rings is 1. The molecule has 0 unspecified atom stereocenters. The first-order chi connectivity index (χ1) is 14.1. The van der Waals surface area contributed by atoms with Gasteiger partial charge in [-0.2, -0.15) is 11.8 Å². The first-order valence-electron chi connectivity index (χ1n) is 9.52. The summed E-state index contributed by atoms with van der Waals surface area (Å²) >= 11 is 3.22. The first kappa shape index (κ1) is 21.4. The van der Waals surface area contributed by atoms with Crippen LogP contribution in [-0.2, 0) is 22.6 Å². The van der Waals surface area contributed by atoms with Crippen molar-refractivity contribution in [2.45, 2.75) is 26.4 Å². The van der Waals surface area contributed by atoms with E-state index in [1.165, 1.54) is 18.2 Å². The molecule has 0 fully saturated rings. The molecule has 4 nitrogen and oxygen atoms in total. The van der Waals surface area contributed by atoms with E-state index >= 15 is 0 Å². The van der Waals surface area contributed by atoms with Gasteiger partial charge in [-0.15, -0.1) is 11.3 Å². The zero-order valence-electron chi connectivity index (χ0n) is 16.7. The van der Waals surface area contributed by atoms with Crippen LogP contribution in [-0.4, -0.2) is 29.6 Å². The topological polar surface area (TPSA) is 48.4 Å². The summed E-state index contributed by atoms with van der Waals surface area (Å²) in [5, 5.41) is 3.04. The third-order valence-electron chi connectivity index (χ3n) is 4.36. The Kier molecular flexibility index (Phi) is 8.14. The van der Waals surface area contributed by atoms with Crippen molar-refractivity contribution in [2.24, 2.45) is 0 Å².